The van der Waals surface area contributed by atoms with Gasteiger partial charge in [-0.15, -0.1) is 0 Å². The van der Waals surface area contributed by atoms with E-state index in [1.165, 1.54) is 4.57 Å². The predicted molar refractivity (Wildman–Crippen MR) is 142 cm³/mol. The number of ether oxygens (including phenoxy) is 1. The number of benzene rings is 1. The molecule has 1 saturated heterocycles. The molecule has 0 unspecified atom stereocenters. The van der Waals surface area contributed by atoms with Crippen LogP contribution in [0.5, 0.6) is 0 Å². The summed E-state index contributed by atoms with van der Waals surface area (Å²) in [4.78, 5) is 46.3. The molecule has 37 heavy (non-hydrogen) atoms. The van der Waals surface area contributed by atoms with Crippen LogP contribution < -0.4 is 10.9 Å². The zero-order valence-electron chi connectivity index (χ0n) is 20.6. The molecule has 10 nitrogen and oxygen atoms in total. The molecule has 1 aliphatic heterocycles. The molecule has 0 aliphatic carbocycles. The van der Waals surface area contributed by atoms with Crippen LogP contribution in [0.1, 0.15) is 12.6 Å². The Morgan fingerprint density at radius 3 is 2.65 bits per heavy atom. The molecule has 4 heterocycles. The van der Waals surface area contributed by atoms with Crippen molar-refractivity contribution in [1.29, 1.82) is 0 Å². The van der Waals surface area contributed by atoms with E-state index in [-0.39, 0.29) is 18.0 Å². The highest BCUT2D eigenvalue weighted by molar-refractivity contribution is 6.33. The minimum absolute atomic E-state index is 0.152. The highest BCUT2D eigenvalue weighted by Gasteiger charge is 2.22. The zero-order valence-corrected chi connectivity index (χ0v) is 21.3. The third-order valence-corrected chi connectivity index (χ3v) is 6.44. The first-order valence-corrected chi connectivity index (χ1v) is 12.4. The number of rotatable bonds is 6. The summed E-state index contributed by atoms with van der Waals surface area (Å²) in [5, 5.41) is 4.07. The van der Waals surface area contributed by atoms with Gasteiger partial charge in [0.2, 0.25) is 11.9 Å². The summed E-state index contributed by atoms with van der Waals surface area (Å²) in [5.41, 5.74) is 3.17. The monoisotopic (exact) mass is 519 g/mol. The number of aryl methyl sites for hydroxylation is 1. The third-order valence-electron chi connectivity index (χ3n) is 6.13. The van der Waals surface area contributed by atoms with E-state index in [1.54, 1.807) is 41.7 Å². The van der Waals surface area contributed by atoms with Crippen LogP contribution in [0.2, 0.25) is 5.02 Å². The molecular weight excluding hydrogens is 494 g/mol. The van der Waals surface area contributed by atoms with Gasteiger partial charge in [0.1, 0.15) is 12.2 Å². The van der Waals surface area contributed by atoms with E-state index in [0.29, 0.717) is 71.7 Å². The second-order valence-electron chi connectivity index (χ2n) is 8.69. The van der Waals surface area contributed by atoms with Gasteiger partial charge < -0.3 is 15.0 Å². The van der Waals surface area contributed by atoms with Crippen LogP contribution in [0.4, 0.5) is 5.95 Å². The first-order valence-electron chi connectivity index (χ1n) is 12.0. The number of carbonyl (C=O) groups excluding carboxylic acids is 1. The summed E-state index contributed by atoms with van der Waals surface area (Å²) in [7, 11) is 0. The Kier molecular flexibility index (Phi) is 7.11. The number of aromatic nitrogens is 5. The number of morpholine rings is 1. The van der Waals surface area contributed by atoms with E-state index in [9.17, 15) is 9.59 Å². The minimum atomic E-state index is -0.361. The summed E-state index contributed by atoms with van der Waals surface area (Å²) in [6, 6.07) is 7.11. The maximum atomic E-state index is 13.8. The molecule has 190 valence electrons. The molecule has 1 aromatic carbocycles. The quantitative estimate of drug-likeness (QED) is 0.413. The predicted octanol–water partition coefficient (Wildman–Crippen LogP) is 3.17. The summed E-state index contributed by atoms with van der Waals surface area (Å²) < 4.78 is 6.76. The summed E-state index contributed by atoms with van der Waals surface area (Å²) in [5.74, 6) is 0.211. The van der Waals surface area contributed by atoms with Crippen LogP contribution in [0.3, 0.4) is 0 Å². The van der Waals surface area contributed by atoms with Crippen LogP contribution in [0.25, 0.3) is 33.4 Å². The average Bonchev–Trinajstić information content (AvgIpc) is 2.91. The second-order valence-corrected chi connectivity index (χ2v) is 9.09. The van der Waals surface area contributed by atoms with E-state index in [0.717, 1.165) is 11.3 Å². The third kappa shape index (κ3) is 5.16. The molecule has 11 heteroatoms. The number of halogens is 1. The van der Waals surface area contributed by atoms with E-state index in [2.05, 4.69) is 25.3 Å². The van der Waals surface area contributed by atoms with Crippen molar-refractivity contribution in [3.05, 3.63) is 63.9 Å². The van der Waals surface area contributed by atoms with Crippen LogP contribution in [-0.4, -0.2) is 68.2 Å². The maximum absolute atomic E-state index is 13.8. The Hall–Kier alpha value is -3.89. The Labute approximate surface area is 218 Å². The van der Waals surface area contributed by atoms with Gasteiger partial charge >= 0.3 is 0 Å². The first-order chi connectivity index (χ1) is 17.9. The Bertz CT molecular complexity index is 1530. The Balaban J connectivity index is 1.61. The van der Waals surface area contributed by atoms with Crippen molar-refractivity contribution in [3.8, 4) is 22.4 Å². The Morgan fingerprint density at radius 2 is 1.92 bits per heavy atom. The zero-order chi connectivity index (χ0) is 25.9. The molecule has 1 aliphatic rings. The van der Waals surface area contributed by atoms with E-state index >= 15 is 0 Å². The van der Waals surface area contributed by atoms with Crippen molar-refractivity contribution >= 4 is 34.5 Å². The van der Waals surface area contributed by atoms with Crippen molar-refractivity contribution in [3.63, 3.8) is 0 Å². The fourth-order valence-electron chi connectivity index (χ4n) is 4.29. The number of nitrogens with one attached hydrogen (secondary N) is 1. The molecule has 1 N–H and O–H groups in total. The van der Waals surface area contributed by atoms with Gasteiger partial charge in [-0.05, 0) is 26.0 Å². The Morgan fingerprint density at radius 1 is 1.11 bits per heavy atom. The van der Waals surface area contributed by atoms with Gasteiger partial charge in [0.05, 0.1) is 30.8 Å². The van der Waals surface area contributed by atoms with E-state index in [4.69, 9.17) is 16.3 Å². The fourth-order valence-corrected chi connectivity index (χ4v) is 4.57. The molecule has 0 spiro atoms. The number of hydrogen-bond acceptors (Lipinski definition) is 8. The molecule has 0 saturated carbocycles. The maximum Gasteiger partial charge on any atom is 0.260 e. The van der Waals surface area contributed by atoms with Gasteiger partial charge in [0.25, 0.3) is 5.56 Å². The molecule has 5 rings (SSSR count). The summed E-state index contributed by atoms with van der Waals surface area (Å²) in [6.45, 7) is 6.18. The molecule has 3 aromatic heterocycles. The van der Waals surface area contributed by atoms with Gasteiger partial charge in [-0.1, -0.05) is 23.7 Å². The lowest BCUT2D eigenvalue weighted by atomic mass is 10.0. The number of amides is 1. The highest BCUT2D eigenvalue weighted by Crippen LogP contribution is 2.31. The molecule has 0 bridgehead atoms. The highest BCUT2D eigenvalue weighted by atomic mass is 35.5. The lowest BCUT2D eigenvalue weighted by Gasteiger charge is -2.27. The van der Waals surface area contributed by atoms with Crippen molar-refractivity contribution in [2.75, 3.05) is 38.2 Å². The van der Waals surface area contributed by atoms with Gasteiger partial charge in [0, 0.05) is 59.1 Å². The largest absolute Gasteiger partial charge is 0.378 e. The van der Waals surface area contributed by atoms with Crippen molar-refractivity contribution in [1.82, 2.24) is 29.4 Å². The minimum Gasteiger partial charge on any atom is -0.378 e. The van der Waals surface area contributed by atoms with Crippen molar-refractivity contribution < 1.29 is 9.53 Å². The lowest BCUT2D eigenvalue weighted by Crippen LogP contribution is -2.43. The molecule has 1 amide bonds. The van der Waals surface area contributed by atoms with Gasteiger partial charge in [-0.25, -0.2) is 9.97 Å². The molecule has 4 aromatic rings. The average molecular weight is 520 g/mol. The SMILES string of the molecule is CCNc1ncc2cc(-c3ccc(-c4cncc(C)n4)cc3Cl)c(=O)n(CC(=O)N3CCOCC3)c2n1. The topological polar surface area (TPSA) is 115 Å². The lowest BCUT2D eigenvalue weighted by molar-refractivity contribution is -0.135. The molecule has 0 radical (unpaired) electrons. The van der Waals surface area contributed by atoms with Crippen molar-refractivity contribution in [2.45, 2.75) is 20.4 Å². The van der Waals surface area contributed by atoms with Crippen LogP contribution in [-0.2, 0) is 16.1 Å². The van der Waals surface area contributed by atoms with Crippen LogP contribution in [0.15, 0.2) is 47.7 Å². The van der Waals surface area contributed by atoms with E-state index in [1.807, 2.05) is 19.9 Å². The number of nitrogens with zero attached hydrogens (tertiary/aromatic N) is 6. The van der Waals surface area contributed by atoms with Crippen LogP contribution >= 0.6 is 11.6 Å². The van der Waals surface area contributed by atoms with Crippen LogP contribution in [0, 0.1) is 6.92 Å². The number of hydrogen-bond donors (Lipinski definition) is 1. The van der Waals surface area contributed by atoms with E-state index < -0.39 is 0 Å². The number of pyridine rings is 1. The van der Waals surface area contributed by atoms with Crippen molar-refractivity contribution in [2.24, 2.45) is 0 Å². The standard InChI is InChI=1S/C26H26ClN7O3/c1-3-29-26-30-13-18-10-20(19-5-4-17(11-21(19)27)22-14-28-12-16(2)31-22)25(36)34(24(18)32-26)15-23(35)33-6-8-37-9-7-33/h4-5,10-14H,3,6-9,15H2,1-2H3,(H,29,30,32). The number of fused-ring (bicyclic) bond motifs is 1. The van der Waals surface area contributed by atoms with Gasteiger partial charge in [-0.3, -0.25) is 19.1 Å². The summed E-state index contributed by atoms with van der Waals surface area (Å²) >= 11 is 6.70. The normalized spacial score (nSPS) is 13.6. The number of carbonyl (C=O) groups is 1. The number of anilines is 1. The first kappa shape index (κ1) is 24.8. The van der Waals surface area contributed by atoms with Gasteiger partial charge in [-0.2, -0.15) is 4.98 Å². The smallest absolute Gasteiger partial charge is 0.260 e. The van der Waals surface area contributed by atoms with Gasteiger partial charge in [0.15, 0.2) is 0 Å². The molecule has 0 atom stereocenters. The molecular formula is C26H26ClN7O3. The summed E-state index contributed by atoms with van der Waals surface area (Å²) in [6.07, 6.45) is 4.99. The molecule has 1 fully saturated rings. The fraction of sp³-hybridized carbons (Fsp3) is 0.308. The second kappa shape index (κ2) is 10.6.